The predicted octanol–water partition coefficient (Wildman–Crippen LogP) is 4.11. The fraction of sp³-hybridized carbons (Fsp3) is 0.333. The summed E-state index contributed by atoms with van der Waals surface area (Å²) in [7, 11) is 1.66. The van der Waals surface area contributed by atoms with Crippen LogP contribution in [0.3, 0.4) is 0 Å². The third-order valence-corrected chi connectivity index (χ3v) is 3.99. The molecular formula is C21H26F3IN4O2. The molecule has 1 amide bonds. The molecule has 0 aliphatic rings. The molecule has 0 atom stereocenters. The van der Waals surface area contributed by atoms with Gasteiger partial charge in [0.1, 0.15) is 5.75 Å². The molecule has 3 N–H and O–H groups in total. The van der Waals surface area contributed by atoms with Gasteiger partial charge in [-0.05, 0) is 41.8 Å². The van der Waals surface area contributed by atoms with Gasteiger partial charge >= 0.3 is 6.18 Å². The van der Waals surface area contributed by atoms with Crippen LogP contribution in [0.5, 0.6) is 5.75 Å². The maximum absolute atomic E-state index is 12.2. The first-order chi connectivity index (χ1) is 14.2. The van der Waals surface area contributed by atoms with E-state index in [0.717, 1.165) is 23.2 Å². The van der Waals surface area contributed by atoms with Gasteiger partial charge in [0.05, 0.1) is 0 Å². The number of halogens is 4. The maximum Gasteiger partial charge on any atom is 0.422 e. The van der Waals surface area contributed by atoms with Gasteiger partial charge in [-0.15, -0.1) is 24.0 Å². The Morgan fingerprint density at radius 3 is 2.16 bits per heavy atom. The smallest absolute Gasteiger partial charge is 0.422 e. The number of hydrogen-bond donors (Lipinski definition) is 3. The van der Waals surface area contributed by atoms with Crippen molar-refractivity contribution in [2.24, 2.45) is 4.99 Å². The number of nitrogens with one attached hydrogen (secondary N) is 3. The number of alkyl halides is 3. The van der Waals surface area contributed by atoms with Crippen LogP contribution in [0.25, 0.3) is 0 Å². The number of rotatable bonds is 8. The molecule has 0 aromatic heterocycles. The van der Waals surface area contributed by atoms with Gasteiger partial charge in [-0.2, -0.15) is 13.2 Å². The van der Waals surface area contributed by atoms with Crippen molar-refractivity contribution in [3.63, 3.8) is 0 Å². The van der Waals surface area contributed by atoms with Gasteiger partial charge in [-0.3, -0.25) is 9.79 Å². The topological polar surface area (TPSA) is 74.8 Å². The molecule has 0 saturated heterocycles. The van der Waals surface area contributed by atoms with E-state index in [9.17, 15) is 18.0 Å². The maximum atomic E-state index is 12.2. The van der Waals surface area contributed by atoms with Gasteiger partial charge in [0.25, 0.3) is 0 Å². The van der Waals surface area contributed by atoms with Crippen LogP contribution in [0.4, 0.5) is 18.9 Å². The molecule has 0 saturated carbocycles. The van der Waals surface area contributed by atoms with Crippen molar-refractivity contribution in [2.75, 3.05) is 25.5 Å². The molecule has 2 rings (SSSR count). The summed E-state index contributed by atoms with van der Waals surface area (Å²) in [5.74, 6) is 0.674. The SMILES string of the molecule is CN=C(NCCc1ccc(NC(C)=O)cc1)NCc1ccc(OCC(F)(F)F)cc1.I. The summed E-state index contributed by atoms with van der Waals surface area (Å²) in [6, 6.07) is 14.0. The monoisotopic (exact) mass is 550 g/mol. The largest absolute Gasteiger partial charge is 0.484 e. The number of anilines is 1. The van der Waals surface area contributed by atoms with E-state index >= 15 is 0 Å². The van der Waals surface area contributed by atoms with Crippen LogP contribution in [0.2, 0.25) is 0 Å². The van der Waals surface area contributed by atoms with Crippen LogP contribution < -0.4 is 20.7 Å². The summed E-state index contributed by atoms with van der Waals surface area (Å²) in [5.41, 5.74) is 2.75. The summed E-state index contributed by atoms with van der Waals surface area (Å²) < 4.78 is 41.2. The first-order valence-electron chi connectivity index (χ1n) is 9.35. The van der Waals surface area contributed by atoms with Crippen LogP contribution in [-0.4, -0.2) is 38.2 Å². The van der Waals surface area contributed by atoms with E-state index in [1.165, 1.54) is 19.1 Å². The van der Waals surface area contributed by atoms with Crippen LogP contribution in [0.15, 0.2) is 53.5 Å². The Kier molecular flexibility index (Phi) is 11.2. The van der Waals surface area contributed by atoms with Gasteiger partial charge in [-0.1, -0.05) is 24.3 Å². The lowest BCUT2D eigenvalue weighted by atomic mass is 10.1. The molecule has 0 fully saturated rings. The fourth-order valence-corrected chi connectivity index (χ4v) is 2.56. The molecule has 0 radical (unpaired) electrons. The normalized spacial score (nSPS) is 11.3. The standard InChI is InChI=1S/C21H25F3N4O2.HI/c1-15(29)28-18-7-3-16(4-8-18)11-12-26-20(25-2)27-13-17-5-9-19(10-6-17)30-14-21(22,23)24;/h3-10H,11-14H2,1-2H3,(H,28,29)(H2,25,26,27);1H. The average molecular weight is 550 g/mol. The van der Waals surface area contributed by atoms with E-state index in [1.807, 2.05) is 24.3 Å². The van der Waals surface area contributed by atoms with E-state index in [2.05, 4.69) is 20.9 Å². The quantitative estimate of drug-likeness (QED) is 0.263. The first kappa shape index (κ1) is 26.5. The number of carbonyl (C=O) groups excluding carboxylic acids is 1. The zero-order valence-corrected chi connectivity index (χ0v) is 19.6. The molecule has 0 heterocycles. The Bertz CT molecular complexity index is 841. The number of ether oxygens (including phenoxy) is 1. The third kappa shape index (κ3) is 10.9. The van der Waals surface area contributed by atoms with E-state index in [-0.39, 0.29) is 35.6 Å². The summed E-state index contributed by atoms with van der Waals surface area (Å²) in [6.07, 6.45) is -3.59. The van der Waals surface area contributed by atoms with E-state index in [0.29, 0.717) is 19.0 Å². The highest BCUT2D eigenvalue weighted by Crippen LogP contribution is 2.18. The Labute approximate surface area is 196 Å². The third-order valence-electron chi connectivity index (χ3n) is 3.99. The zero-order valence-electron chi connectivity index (χ0n) is 17.3. The van der Waals surface area contributed by atoms with E-state index in [4.69, 9.17) is 4.74 Å². The number of carbonyl (C=O) groups is 1. The second kappa shape index (κ2) is 13.0. The van der Waals surface area contributed by atoms with Crippen molar-refractivity contribution in [3.8, 4) is 5.75 Å². The van der Waals surface area contributed by atoms with Gasteiger partial charge in [-0.25, -0.2) is 0 Å². The van der Waals surface area contributed by atoms with Crippen molar-refractivity contribution >= 4 is 41.5 Å². The zero-order chi connectivity index (χ0) is 22.0. The molecule has 31 heavy (non-hydrogen) atoms. The molecule has 0 unspecified atom stereocenters. The lowest BCUT2D eigenvalue weighted by Crippen LogP contribution is -2.37. The fourth-order valence-electron chi connectivity index (χ4n) is 2.56. The van der Waals surface area contributed by atoms with Gasteiger partial charge in [0, 0.05) is 32.7 Å². The highest BCUT2D eigenvalue weighted by atomic mass is 127. The number of benzene rings is 2. The first-order valence-corrected chi connectivity index (χ1v) is 9.35. The predicted molar refractivity (Wildman–Crippen MR) is 126 cm³/mol. The van der Waals surface area contributed by atoms with E-state index in [1.54, 1.807) is 19.2 Å². The van der Waals surface area contributed by atoms with Gasteiger partial charge in [0.15, 0.2) is 12.6 Å². The number of amides is 1. The molecular weight excluding hydrogens is 524 g/mol. The Hall–Kier alpha value is -2.50. The van der Waals surface area contributed by atoms with Crippen molar-refractivity contribution in [2.45, 2.75) is 26.1 Å². The minimum atomic E-state index is -4.36. The summed E-state index contributed by atoms with van der Waals surface area (Å²) >= 11 is 0. The number of aliphatic imine (C=N–C) groups is 1. The molecule has 10 heteroatoms. The second-order valence-corrected chi connectivity index (χ2v) is 6.53. The molecule has 0 aliphatic heterocycles. The molecule has 6 nitrogen and oxygen atoms in total. The summed E-state index contributed by atoms with van der Waals surface area (Å²) in [5, 5.41) is 9.07. The molecule has 0 aliphatic carbocycles. The van der Waals surface area contributed by atoms with Crippen LogP contribution in [0, 0.1) is 0 Å². The number of nitrogens with zero attached hydrogens (tertiary/aromatic N) is 1. The van der Waals surface area contributed by atoms with Crippen molar-refractivity contribution in [1.82, 2.24) is 10.6 Å². The lowest BCUT2D eigenvalue weighted by Gasteiger charge is -2.13. The van der Waals surface area contributed by atoms with Crippen molar-refractivity contribution < 1.29 is 22.7 Å². The molecule has 0 spiro atoms. The minimum absolute atomic E-state index is 0. The van der Waals surface area contributed by atoms with Gasteiger partial charge < -0.3 is 20.7 Å². The Balaban J connectivity index is 0.00000480. The van der Waals surface area contributed by atoms with Crippen molar-refractivity contribution in [1.29, 1.82) is 0 Å². The van der Waals surface area contributed by atoms with Crippen LogP contribution >= 0.6 is 24.0 Å². The summed E-state index contributed by atoms with van der Waals surface area (Å²) in [6.45, 7) is 1.28. The highest BCUT2D eigenvalue weighted by molar-refractivity contribution is 14.0. The van der Waals surface area contributed by atoms with E-state index < -0.39 is 12.8 Å². The average Bonchev–Trinajstić information content (AvgIpc) is 2.70. The van der Waals surface area contributed by atoms with Crippen molar-refractivity contribution in [3.05, 3.63) is 59.7 Å². The van der Waals surface area contributed by atoms with Gasteiger partial charge in [0.2, 0.25) is 5.91 Å². The molecule has 170 valence electrons. The van der Waals surface area contributed by atoms with Crippen LogP contribution in [-0.2, 0) is 17.8 Å². The number of guanidine groups is 1. The Morgan fingerprint density at radius 2 is 1.61 bits per heavy atom. The second-order valence-electron chi connectivity index (χ2n) is 6.53. The molecule has 2 aromatic carbocycles. The highest BCUT2D eigenvalue weighted by Gasteiger charge is 2.28. The minimum Gasteiger partial charge on any atom is -0.484 e. The Morgan fingerprint density at radius 1 is 1.00 bits per heavy atom. The molecule has 2 aromatic rings. The lowest BCUT2D eigenvalue weighted by molar-refractivity contribution is -0.153. The molecule has 0 bridgehead atoms. The van der Waals surface area contributed by atoms with Crippen LogP contribution in [0.1, 0.15) is 18.1 Å². The number of hydrogen-bond acceptors (Lipinski definition) is 3. The summed E-state index contributed by atoms with van der Waals surface area (Å²) in [4.78, 5) is 15.2.